The summed E-state index contributed by atoms with van der Waals surface area (Å²) in [6.45, 7) is 0. The molecule has 6 rings (SSSR count). The molecule has 0 atom stereocenters. The molecule has 0 aliphatic heterocycles. The van der Waals surface area contributed by atoms with E-state index in [-0.39, 0.29) is 0 Å². The van der Waals surface area contributed by atoms with Crippen molar-refractivity contribution in [2.75, 3.05) is 0 Å². The van der Waals surface area contributed by atoms with Crippen molar-refractivity contribution >= 4 is 0 Å². The highest BCUT2D eigenvalue weighted by molar-refractivity contribution is 5.73. The Labute approximate surface area is 164 Å². The standard InChI is InChI=1S/C24H22N4/c1-5-17(21-23(19-9-10-19)27-13-25-21)6-2-15(1)16-3-7-18(8-4-16)22-24(20-11-12-20)28-14-26-22/h1-8,13-14,19-20H,9-12H2,(H,25,27)(H,26,28). The van der Waals surface area contributed by atoms with E-state index in [1.165, 1.54) is 59.3 Å². The molecule has 0 unspecified atom stereocenters. The number of aromatic amines is 2. The van der Waals surface area contributed by atoms with Crippen molar-refractivity contribution in [3.8, 4) is 33.6 Å². The van der Waals surface area contributed by atoms with Gasteiger partial charge in [-0.1, -0.05) is 48.5 Å². The van der Waals surface area contributed by atoms with Crippen molar-refractivity contribution in [2.24, 2.45) is 0 Å². The van der Waals surface area contributed by atoms with Crippen LogP contribution >= 0.6 is 0 Å². The van der Waals surface area contributed by atoms with Crippen LogP contribution in [0.15, 0.2) is 61.2 Å². The van der Waals surface area contributed by atoms with Gasteiger partial charge < -0.3 is 9.97 Å². The molecule has 0 radical (unpaired) electrons. The smallest absolute Gasteiger partial charge is 0.0929 e. The highest BCUT2D eigenvalue weighted by Crippen LogP contribution is 2.44. The van der Waals surface area contributed by atoms with E-state index < -0.39 is 0 Å². The molecule has 4 aromatic rings. The molecular weight excluding hydrogens is 344 g/mol. The number of imidazole rings is 2. The summed E-state index contributed by atoms with van der Waals surface area (Å²) in [4.78, 5) is 15.8. The van der Waals surface area contributed by atoms with Gasteiger partial charge in [-0.2, -0.15) is 0 Å². The summed E-state index contributed by atoms with van der Waals surface area (Å²) in [5.74, 6) is 1.35. The number of aromatic nitrogens is 4. The fraction of sp³-hybridized carbons (Fsp3) is 0.250. The third-order valence-corrected chi connectivity index (χ3v) is 5.96. The molecule has 2 aliphatic carbocycles. The Balaban J connectivity index is 1.27. The van der Waals surface area contributed by atoms with Crippen LogP contribution in [-0.2, 0) is 0 Å². The number of hydrogen-bond donors (Lipinski definition) is 2. The third kappa shape index (κ3) is 2.76. The summed E-state index contributed by atoms with van der Waals surface area (Å²) in [6, 6.07) is 17.5. The SMILES string of the molecule is c1nc(-c2ccc(-c3ccc(-c4nc[nH]c4C4CC4)cc3)cc2)c(C2CC2)[nH]1. The van der Waals surface area contributed by atoms with Gasteiger partial charge in [-0.05, 0) is 36.8 Å². The minimum Gasteiger partial charge on any atom is -0.348 e. The van der Waals surface area contributed by atoms with Crippen LogP contribution in [-0.4, -0.2) is 19.9 Å². The van der Waals surface area contributed by atoms with E-state index in [1.54, 1.807) is 0 Å². The first-order valence-electron chi connectivity index (χ1n) is 10.1. The van der Waals surface area contributed by atoms with Gasteiger partial charge in [0, 0.05) is 34.4 Å². The minimum absolute atomic E-state index is 0.673. The predicted molar refractivity (Wildman–Crippen MR) is 111 cm³/mol. The van der Waals surface area contributed by atoms with Gasteiger partial charge >= 0.3 is 0 Å². The van der Waals surface area contributed by atoms with Crippen LogP contribution in [0.25, 0.3) is 33.6 Å². The molecule has 138 valence electrons. The van der Waals surface area contributed by atoms with Crippen LogP contribution in [0.2, 0.25) is 0 Å². The lowest BCUT2D eigenvalue weighted by Crippen LogP contribution is -1.87. The fourth-order valence-corrected chi connectivity index (χ4v) is 4.08. The molecular formula is C24H22N4. The molecule has 2 aromatic carbocycles. The zero-order valence-electron chi connectivity index (χ0n) is 15.7. The van der Waals surface area contributed by atoms with Gasteiger partial charge in [0.1, 0.15) is 0 Å². The Kier molecular flexibility index (Phi) is 3.51. The maximum Gasteiger partial charge on any atom is 0.0929 e. The highest BCUT2D eigenvalue weighted by atomic mass is 14.9. The van der Waals surface area contributed by atoms with E-state index in [0.717, 1.165) is 11.4 Å². The number of rotatable bonds is 5. The molecule has 2 aromatic heterocycles. The first-order chi connectivity index (χ1) is 13.9. The molecule has 0 amide bonds. The van der Waals surface area contributed by atoms with E-state index in [4.69, 9.17) is 0 Å². The van der Waals surface area contributed by atoms with Crippen molar-refractivity contribution < 1.29 is 0 Å². The Morgan fingerprint density at radius 3 is 1.25 bits per heavy atom. The molecule has 2 N–H and O–H groups in total. The largest absolute Gasteiger partial charge is 0.348 e. The number of hydrogen-bond acceptors (Lipinski definition) is 2. The fourth-order valence-electron chi connectivity index (χ4n) is 4.08. The molecule has 28 heavy (non-hydrogen) atoms. The highest BCUT2D eigenvalue weighted by Gasteiger charge is 2.29. The van der Waals surface area contributed by atoms with Crippen molar-refractivity contribution in [2.45, 2.75) is 37.5 Å². The molecule has 2 aliphatic rings. The Morgan fingerprint density at radius 1 is 0.536 bits per heavy atom. The van der Waals surface area contributed by atoms with Crippen molar-refractivity contribution in [3.05, 3.63) is 72.6 Å². The molecule has 2 saturated carbocycles. The van der Waals surface area contributed by atoms with Gasteiger partial charge in [0.15, 0.2) is 0 Å². The molecule has 2 fully saturated rings. The first kappa shape index (κ1) is 15.9. The first-order valence-corrected chi connectivity index (χ1v) is 10.1. The second-order valence-electron chi connectivity index (χ2n) is 8.03. The van der Waals surface area contributed by atoms with Crippen LogP contribution in [0.1, 0.15) is 48.9 Å². The second-order valence-corrected chi connectivity index (χ2v) is 8.03. The molecule has 4 nitrogen and oxygen atoms in total. The van der Waals surface area contributed by atoms with Crippen molar-refractivity contribution in [1.82, 2.24) is 19.9 Å². The van der Waals surface area contributed by atoms with E-state index in [9.17, 15) is 0 Å². The maximum atomic E-state index is 4.55. The monoisotopic (exact) mass is 366 g/mol. The summed E-state index contributed by atoms with van der Waals surface area (Å²) in [7, 11) is 0. The van der Waals surface area contributed by atoms with E-state index in [1.807, 2.05) is 12.7 Å². The van der Waals surface area contributed by atoms with Gasteiger partial charge in [0.05, 0.1) is 24.0 Å². The summed E-state index contributed by atoms with van der Waals surface area (Å²) in [5.41, 5.74) is 9.63. The molecule has 2 heterocycles. The molecule has 4 heteroatoms. The third-order valence-electron chi connectivity index (χ3n) is 5.96. The van der Waals surface area contributed by atoms with E-state index >= 15 is 0 Å². The van der Waals surface area contributed by atoms with E-state index in [2.05, 4.69) is 68.5 Å². The normalized spacial score (nSPS) is 16.4. The summed E-state index contributed by atoms with van der Waals surface area (Å²) in [6.07, 6.45) is 8.74. The van der Waals surface area contributed by atoms with Crippen LogP contribution in [0.3, 0.4) is 0 Å². The lowest BCUT2D eigenvalue weighted by molar-refractivity contribution is 1.05. The predicted octanol–water partition coefficient (Wildman–Crippen LogP) is 5.89. The van der Waals surface area contributed by atoms with Gasteiger partial charge in [0.2, 0.25) is 0 Å². The van der Waals surface area contributed by atoms with Crippen molar-refractivity contribution in [3.63, 3.8) is 0 Å². The number of nitrogens with zero attached hydrogens (tertiary/aromatic N) is 2. The van der Waals surface area contributed by atoms with Gasteiger partial charge in [0.25, 0.3) is 0 Å². The quantitative estimate of drug-likeness (QED) is 0.463. The number of nitrogens with one attached hydrogen (secondary N) is 2. The second kappa shape index (κ2) is 6.20. The Morgan fingerprint density at radius 2 is 0.893 bits per heavy atom. The number of benzene rings is 2. The van der Waals surface area contributed by atoms with Crippen molar-refractivity contribution in [1.29, 1.82) is 0 Å². The molecule has 0 bridgehead atoms. The zero-order valence-corrected chi connectivity index (χ0v) is 15.7. The zero-order chi connectivity index (χ0) is 18.5. The average molecular weight is 366 g/mol. The Bertz CT molecular complexity index is 1020. The van der Waals surface area contributed by atoms with Gasteiger partial charge in [-0.15, -0.1) is 0 Å². The molecule has 0 spiro atoms. The van der Waals surface area contributed by atoms with Gasteiger partial charge in [-0.3, -0.25) is 0 Å². The lowest BCUT2D eigenvalue weighted by Gasteiger charge is -2.07. The Hall–Kier alpha value is -3.14. The van der Waals surface area contributed by atoms with Crippen LogP contribution in [0.5, 0.6) is 0 Å². The minimum atomic E-state index is 0.673. The molecule has 0 saturated heterocycles. The van der Waals surface area contributed by atoms with E-state index in [0.29, 0.717) is 11.8 Å². The maximum absolute atomic E-state index is 4.55. The summed E-state index contributed by atoms with van der Waals surface area (Å²) < 4.78 is 0. The summed E-state index contributed by atoms with van der Waals surface area (Å²) in [5, 5.41) is 0. The van der Waals surface area contributed by atoms with Gasteiger partial charge in [-0.25, -0.2) is 9.97 Å². The average Bonchev–Trinajstić information content (AvgIpc) is 3.68. The number of H-pyrrole nitrogens is 2. The van der Waals surface area contributed by atoms with Crippen LogP contribution in [0.4, 0.5) is 0 Å². The van der Waals surface area contributed by atoms with Crippen LogP contribution in [0, 0.1) is 0 Å². The van der Waals surface area contributed by atoms with Crippen LogP contribution < -0.4 is 0 Å². The topological polar surface area (TPSA) is 57.4 Å². The lowest BCUT2D eigenvalue weighted by atomic mass is 9.99. The summed E-state index contributed by atoms with van der Waals surface area (Å²) >= 11 is 0.